The minimum absolute atomic E-state index is 0.199. The van der Waals surface area contributed by atoms with Gasteiger partial charge in [-0.2, -0.15) is 0 Å². The first-order valence-corrected chi connectivity index (χ1v) is 11.0. The number of rotatable bonds is 7. The number of aromatic nitrogens is 1. The lowest BCUT2D eigenvalue weighted by atomic mass is 9.90. The van der Waals surface area contributed by atoms with Gasteiger partial charge < -0.3 is 10.6 Å². The van der Waals surface area contributed by atoms with Gasteiger partial charge in [-0.1, -0.05) is 25.3 Å². The fraction of sp³-hybridized carbons (Fsp3) is 0.400. The van der Waals surface area contributed by atoms with Crippen LogP contribution >= 0.6 is 0 Å². The highest BCUT2D eigenvalue weighted by Gasteiger charge is 2.18. The van der Waals surface area contributed by atoms with E-state index in [1.165, 1.54) is 31.4 Å². The summed E-state index contributed by atoms with van der Waals surface area (Å²) in [5, 5.41) is 5.42. The molecule has 0 aliphatic heterocycles. The average Bonchev–Trinajstić information content (AvgIpc) is 2.73. The van der Waals surface area contributed by atoms with Crippen molar-refractivity contribution in [1.82, 2.24) is 15.0 Å². The molecule has 28 heavy (non-hydrogen) atoms. The van der Waals surface area contributed by atoms with Gasteiger partial charge in [-0.3, -0.25) is 4.98 Å². The van der Waals surface area contributed by atoms with E-state index in [1.54, 1.807) is 30.6 Å². The Labute approximate surface area is 166 Å². The van der Waals surface area contributed by atoms with Crippen LogP contribution in [-0.2, 0) is 16.6 Å². The molecule has 0 unspecified atom stereocenters. The van der Waals surface area contributed by atoms with Gasteiger partial charge in [0.2, 0.25) is 10.0 Å². The lowest BCUT2D eigenvalue weighted by Gasteiger charge is -2.21. The average molecular weight is 403 g/mol. The zero-order chi connectivity index (χ0) is 19.8. The van der Waals surface area contributed by atoms with Crippen molar-refractivity contribution < 1.29 is 13.2 Å². The predicted molar refractivity (Wildman–Crippen MR) is 108 cm³/mol. The van der Waals surface area contributed by atoms with E-state index in [0.29, 0.717) is 24.7 Å². The van der Waals surface area contributed by atoms with Crippen molar-refractivity contribution in [2.24, 2.45) is 5.92 Å². The smallest absolute Gasteiger partial charge is 0.319 e. The monoisotopic (exact) mass is 402 g/mol. The van der Waals surface area contributed by atoms with E-state index in [4.69, 9.17) is 0 Å². The Bertz CT molecular complexity index is 864. The molecule has 1 aliphatic carbocycles. The molecule has 0 saturated heterocycles. The molecule has 2 aromatic rings. The van der Waals surface area contributed by atoms with Gasteiger partial charge in [0.05, 0.1) is 4.90 Å². The van der Waals surface area contributed by atoms with Gasteiger partial charge in [-0.15, -0.1) is 0 Å². The van der Waals surface area contributed by atoms with Gasteiger partial charge in [0, 0.05) is 31.2 Å². The highest BCUT2D eigenvalue weighted by Crippen LogP contribution is 2.23. The third-order valence-electron chi connectivity index (χ3n) is 4.89. The van der Waals surface area contributed by atoms with Crippen LogP contribution in [0.3, 0.4) is 0 Å². The summed E-state index contributed by atoms with van der Waals surface area (Å²) in [6, 6.07) is 9.47. The molecular weight excluding hydrogens is 376 g/mol. The molecule has 7 nitrogen and oxygen atoms in total. The van der Waals surface area contributed by atoms with Crippen LogP contribution in [0.15, 0.2) is 53.7 Å². The number of hydrogen-bond acceptors (Lipinski definition) is 4. The maximum atomic E-state index is 12.5. The number of nitrogens with zero attached hydrogens (tertiary/aromatic N) is 1. The van der Waals surface area contributed by atoms with Crippen LogP contribution in [0.1, 0.15) is 37.7 Å². The Kier molecular flexibility index (Phi) is 7.00. The first-order chi connectivity index (χ1) is 13.5. The molecule has 1 aliphatic rings. The Morgan fingerprint density at radius 1 is 1.07 bits per heavy atom. The zero-order valence-corrected chi connectivity index (χ0v) is 16.5. The molecule has 1 aromatic heterocycles. The molecule has 0 bridgehead atoms. The molecule has 0 spiro atoms. The Balaban J connectivity index is 1.49. The summed E-state index contributed by atoms with van der Waals surface area (Å²) < 4.78 is 27.6. The van der Waals surface area contributed by atoms with Gasteiger partial charge in [-0.05, 0) is 54.7 Å². The Hall–Kier alpha value is -2.45. The van der Waals surface area contributed by atoms with Crippen LogP contribution in [0.5, 0.6) is 0 Å². The van der Waals surface area contributed by atoms with Gasteiger partial charge in [0.1, 0.15) is 0 Å². The van der Waals surface area contributed by atoms with Gasteiger partial charge >= 0.3 is 6.03 Å². The number of urea groups is 1. The third-order valence-corrected chi connectivity index (χ3v) is 6.32. The number of amides is 2. The van der Waals surface area contributed by atoms with Crippen LogP contribution in [0.2, 0.25) is 0 Å². The molecule has 3 rings (SSSR count). The fourth-order valence-corrected chi connectivity index (χ4v) is 4.40. The molecule has 0 atom stereocenters. The van der Waals surface area contributed by atoms with Gasteiger partial charge in [0.25, 0.3) is 0 Å². The topological polar surface area (TPSA) is 100 Å². The van der Waals surface area contributed by atoms with E-state index in [1.807, 2.05) is 6.07 Å². The maximum Gasteiger partial charge on any atom is 0.319 e. The van der Waals surface area contributed by atoms with Crippen molar-refractivity contribution in [3.8, 4) is 0 Å². The SMILES string of the molecule is O=C(NCc1cccnc1)Nc1ccc(S(=O)(=O)NCC2CCCCC2)cc1. The molecule has 8 heteroatoms. The molecule has 3 N–H and O–H groups in total. The summed E-state index contributed by atoms with van der Waals surface area (Å²) in [5.41, 5.74) is 1.41. The molecule has 150 valence electrons. The van der Waals surface area contributed by atoms with Crippen molar-refractivity contribution in [3.63, 3.8) is 0 Å². The molecule has 2 amide bonds. The van der Waals surface area contributed by atoms with Crippen LogP contribution in [0.25, 0.3) is 0 Å². The van der Waals surface area contributed by atoms with Gasteiger partial charge in [-0.25, -0.2) is 17.9 Å². The highest BCUT2D eigenvalue weighted by atomic mass is 32.2. The van der Waals surface area contributed by atoms with Gasteiger partial charge in [0.15, 0.2) is 0 Å². The van der Waals surface area contributed by atoms with E-state index in [2.05, 4.69) is 20.3 Å². The standard InChI is InChI=1S/C20H26N4O3S/c25-20(22-14-17-7-4-12-21-13-17)24-18-8-10-19(11-9-18)28(26,27)23-15-16-5-2-1-3-6-16/h4,7-13,16,23H,1-3,5-6,14-15H2,(H2,22,24,25). The number of nitrogens with one attached hydrogen (secondary N) is 3. The quantitative estimate of drug-likeness (QED) is 0.662. The third kappa shape index (κ3) is 6.03. The number of carbonyl (C=O) groups is 1. The van der Waals surface area contributed by atoms with E-state index >= 15 is 0 Å². The number of hydrogen-bond donors (Lipinski definition) is 3. The largest absolute Gasteiger partial charge is 0.334 e. The van der Waals surface area contributed by atoms with E-state index in [-0.39, 0.29) is 10.9 Å². The second-order valence-corrected chi connectivity index (χ2v) is 8.82. The molecular formula is C20H26N4O3S. The lowest BCUT2D eigenvalue weighted by molar-refractivity contribution is 0.251. The Morgan fingerprint density at radius 2 is 1.82 bits per heavy atom. The summed E-state index contributed by atoms with van der Waals surface area (Å²) in [7, 11) is -3.54. The minimum Gasteiger partial charge on any atom is -0.334 e. The number of anilines is 1. The van der Waals surface area contributed by atoms with Crippen LogP contribution in [0.4, 0.5) is 10.5 Å². The van der Waals surface area contributed by atoms with E-state index in [9.17, 15) is 13.2 Å². The number of benzene rings is 1. The van der Waals surface area contributed by atoms with Crippen LogP contribution in [-0.4, -0.2) is 26.0 Å². The number of pyridine rings is 1. The summed E-state index contributed by atoms with van der Waals surface area (Å²) >= 11 is 0. The summed E-state index contributed by atoms with van der Waals surface area (Å²) in [6.45, 7) is 0.844. The number of carbonyl (C=O) groups excluding carboxylic acids is 1. The van der Waals surface area contributed by atoms with Crippen LogP contribution < -0.4 is 15.4 Å². The molecule has 1 heterocycles. The second-order valence-electron chi connectivity index (χ2n) is 7.05. The van der Waals surface area contributed by atoms with Crippen molar-refractivity contribution in [2.75, 3.05) is 11.9 Å². The Morgan fingerprint density at radius 3 is 2.50 bits per heavy atom. The second kappa shape index (κ2) is 9.66. The van der Waals surface area contributed by atoms with Crippen molar-refractivity contribution in [3.05, 3.63) is 54.4 Å². The normalized spacial score (nSPS) is 15.1. The molecule has 1 saturated carbocycles. The molecule has 0 radical (unpaired) electrons. The summed E-state index contributed by atoms with van der Waals surface area (Å²) in [4.78, 5) is 16.2. The minimum atomic E-state index is -3.54. The van der Waals surface area contributed by atoms with Crippen molar-refractivity contribution >= 4 is 21.7 Å². The van der Waals surface area contributed by atoms with Crippen molar-refractivity contribution in [1.29, 1.82) is 0 Å². The van der Waals surface area contributed by atoms with Crippen molar-refractivity contribution in [2.45, 2.75) is 43.5 Å². The lowest BCUT2D eigenvalue weighted by Crippen LogP contribution is -2.30. The van der Waals surface area contributed by atoms with E-state index in [0.717, 1.165) is 18.4 Å². The molecule has 1 fully saturated rings. The molecule has 1 aromatic carbocycles. The zero-order valence-electron chi connectivity index (χ0n) is 15.7. The first-order valence-electron chi connectivity index (χ1n) is 9.56. The predicted octanol–water partition coefficient (Wildman–Crippen LogP) is 3.26. The maximum absolute atomic E-state index is 12.5. The number of sulfonamides is 1. The first kappa shape index (κ1) is 20.3. The highest BCUT2D eigenvalue weighted by molar-refractivity contribution is 7.89. The van der Waals surface area contributed by atoms with E-state index < -0.39 is 10.0 Å². The summed E-state index contributed by atoms with van der Waals surface area (Å²) in [6.07, 6.45) is 9.11. The van der Waals surface area contributed by atoms with Crippen LogP contribution in [0, 0.1) is 5.92 Å². The fourth-order valence-electron chi connectivity index (χ4n) is 3.28. The summed E-state index contributed by atoms with van der Waals surface area (Å²) in [5.74, 6) is 0.424.